The van der Waals surface area contributed by atoms with Crippen LogP contribution in [0.5, 0.6) is 0 Å². The molecule has 2 aliphatic heterocycles. The number of aryl methyl sites for hydroxylation is 1. The number of hydrogen-bond acceptors (Lipinski definition) is 6. The van der Waals surface area contributed by atoms with Crippen LogP contribution in [-0.2, 0) is 9.47 Å². The molecule has 0 aliphatic carbocycles. The smallest absolute Gasteiger partial charge is 0.264 e. The summed E-state index contributed by atoms with van der Waals surface area (Å²) in [5.74, 6) is 1.19. The molecule has 0 N–H and O–H groups in total. The molecule has 3 aromatic rings. The minimum absolute atomic E-state index is 0.0779. The van der Waals surface area contributed by atoms with Gasteiger partial charge in [-0.05, 0) is 31.2 Å². The van der Waals surface area contributed by atoms with Crippen molar-refractivity contribution < 1.29 is 14.3 Å². The molecule has 1 amide bonds. The minimum Gasteiger partial charge on any atom is -0.378 e. The van der Waals surface area contributed by atoms with Crippen molar-refractivity contribution in [2.24, 2.45) is 0 Å². The number of amides is 1. The fraction of sp³-hybridized carbons (Fsp3) is 0.429. The molecule has 0 radical (unpaired) electrons. The van der Waals surface area contributed by atoms with E-state index in [9.17, 15) is 4.79 Å². The summed E-state index contributed by atoms with van der Waals surface area (Å²) in [6, 6.07) is 10.1. The molecule has 7 nitrogen and oxygen atoms in total. The average Bonchev–Trinajstić information content (AvgIpc) is 3.40. The van der Waals surface area contributed by atoms with Gasteiger partial charge in [-0.25, -0.2) is 4.98 Å². The lowest BCUT2D eigenvalue weighted by Crippen LogP contribution is -2.42. The van der Waals surface area contributed by atoms with Crippen LogP contribution in [-0.4, -0.2) is 66.2 Å². The lowest BCUT2D eigenvalue weighted by atomic mass is 10.2. The van der Waals surface area contributed by atoms with Crippen molar-refractivity contribution in [3.63, 3.8) is 0 Å². The summed E-state index contributed by atoms with van der Waals surface area (Å²) >= 11 is 1.54. The van der Waals surface area contributed by atoms with E-state index in [4.69, 9.17) is 14.5 Å². The Morgan fingerprint density at radius 1 is 1.14 bits per heavy atom. The van der Waals surface area contributed by atoms with Gasteiger partial charge < -0.3 is 19.3 Å². The number of hydrogen-bond donors (Lipinski definition) is 0. The van der Waals surface area contributed by atoms with Gasteiger partial charge in [-0.1, -0.05) is 6.07 Å². The Morgan fingerprint density at radius 2 is 2.00 bits per heavy atom. The third-order valence-electron chi connectivity index (χ3n) is 5.46. The molecular weight excluding hydrogens is 388 g/mol. The van der Waals surface area contributed by atoms with Crippen molar-refractivity contribution in [2.75, 3.05) is 50.9 Å². The molecule has 2 fully saturated rings. The fourth-order valence-corrected chi connectivity index (χ4v) is 4.77. The maximum atomic E-state index is 12.9. The van der Waals surface area contributed by atoms with E-state index in [1.807, 2.05) is 42.3 Å². The van der Waals surface area contributed by atoms with E-state index in [2.05, 4.69) is 15.4 Å². The van der Waals surface area contributed by atoms with Gasteiger partial charge in [0.1, 0.15) is 17.6 Å². The van der Waals surface area contributed by atoms with Crippen LogP contribution in [0.15, 0.2) is 36.5 Å². The van der Waals surface area contributed by atoms with Crippen molar-refractivity contribution in [3.05, 3.63) is 52.0 Å². The Labute approximate surface area is 173 Å². The van der Waals surface area contributed by atoms with E-state index in [0.29, 0.717) is 19.7 Å². The number of carbonyl (C=O) groups is 1. The third-order valence-corrected chi connectivity index (χ3v) is 6.45. The number of anilines is 1. The monoisotopic (exact) mass is 412 g/mol. The summed E-state index contributed by atoms with van der Waals surface area (Å²) in [5, 5.41) is 0. The van der Waals surface area contributed by atoms with E-state index in [-0.39, 0.29) is 12.0 Å². The topological polar surface area (TPSA) is 59.3 Å². The van der Waals surface area contributed by atoms with Gasteiger partial charge in [0.2, 0.25) is 0 Å². The zero-order valence-corrected chi connectivity index (χ0v) is 17.2. The Hall–Kier alpha value is -2.42. The number of thiophene rings is 1. The molecule has 0 unspecified atom stereocenters. The highest BCUT2D eigenvalue weighted by Crippen LogP contribution is 2.27. The van der Waals surface area contributed by atoms with Crippen LogP contribution in [0.2, 0.25) is 0 Å². The molecule has 29 heavy (non-hydrogen) atoms. The highest BCUT2D eigenvalue weighted by molar-refractivity contribution is 7.13. The summed E-state index contributed by atoms with van der Waals surface area (Å²) in [7, 11) is 0. The molecule has 8 heteroatoms. The number of rotatable bonds is 3. The quantitative estimate of drug-likeness (QED) is 0.662. The first-order valence-corrected chi connectivity index (χ1v) is 10.8. The molecule has 0 spiro atoms. The maximum Gasteiger partial charge on any atom is 0.264 e. The van der Waals surface area contributed by atoms with Crippen LogP contribution in [0, 0.1) is 6.92 Å². The first kappa shape index (κ1) is 18.6. The van der Waals surface area contributed by atoms with Crippen molar-refractivity contribution in [3.8, 4) is 0 Å². The van der Waals surface area contributed by atoms with Gasteiger partial charge in [0.15, 0.2) is 0 Å². The first-order chi connectivity index (χ1) is 14.2. The van der Waals surface area contributed by atoms with Crippen LogP contribution in [0.3, 0.4) is 0 Å². The van der Waals surface area contributed by atoms with Gasteiger partial charge in [0.05, 0.1) is 36.9 Å². The van der Waals surface area contributed by atoms with E-state index >= 15 is 0 Å². The van der Waals surface area contributed by atoms with Gasteiger partial charge in [-0.2, -0.15) is 0 Å². The zero-order valence-electron chi connectivity index (χ0n) is 16.4. The largest absolute Gasteiger partial charge is 0.378 e. The van der Waals surface area contributed by atoms with Crippen molar-refractivity contribution in [1.29, 1.82) is 0 Å². The summed E-state index contributed by atoms with van der Waals surface area (Å²) in [5.41, 5.74) is 1.76. The average molecular weight is 413 g/mol. The lowest BCUT2D eigenvalue weighted by Gasteiger charge is -2.32. The maximum absolute atomic E-state index is 12.9. The molecule has 1 atom stereocenters. The molecule has 0 bridgehead atoms. The lowest BCUT2D eigenvalue weighted by molar-refractivity contribution is -0.0243. The molecule has 2 aliphatic rings. The number of carbonyl (C=O) groups excluding carboxylic acids is 1. The van der Waals surface area contributed by atoms with Crippen LogP contribution >= 0.6 is 11.3 Å². The number of nitrogens with zero attached hydrogens (tertiary/aromatic N) is 4. The standard InChI is InChI=1S/C21H24N4O3S/c1-15-5-6-18(29-15)21(26)24-9-12-28-17(14-24)16-13-25-19(22-16)3-2-4-20(25)23-7-10-27-11-8-23/h2-6,13,17H,7-12,14H2,1H3/t17-/m1/s1. The van der Waals surface area contributed by atoms with Gasteiger partial charge in [0, 0.05) is 30.7 Å². The van der Waals surface area contributed by atoms with Gasteiger partial charge in [-0.15, -0.1) is 11.3 Å². The van der Waals surface area contributed by atoms with Gasteiger partial charge in [-0.3, -0.25) is 9.20 Å². The Kier molecular flexibility index (Phi) is 4.99. The van der Waals surface area contributed by atoms with E-state index in [1.54, 1.807) is 11.3 Å². The van der Waals surface area contributed by atoms with E-state index in [1.165, 1.54) is 0 Å². The van der Waals surface area contributed by atoms with Crippen LogP contribution in [0.1, 0.15) is 26.3 Å². The Morgan fingerprint density at radius 3 is 2.79 bits per heavy atom. The summed E-state index contributed by atoms with van der Waals surface area (Å²) in [6.07, 6.45) is 1.83. The van der Waals surface area contributed by atoms with Gasteiger partial charge >= 0.3 is 0 Å². The van der Waals surface area contributed by atoms with E-state index < -0.39 is 0 Å². The molecular formula is C21H24N4O3S. The summed E-state index contributed by atoms with van der Waals surface area (Å²) in [4.78, 5) is 23.8. The molecule has 5 rings (SSSR count). The number of fused-ring (bicyclic) bond motifs is 1. The predicted octanol–water partition coefficient (Wildman–Crippen LogP) is 2.75. The first-order valence-electron chi connectivity index (χ1n) is 9.97. The van der Waals surface area contributed by atoms with Crippen molar-refractivity contribution in [2.45, 2.75) is 13.0 Å². The number of aromatic nitrogens is 2. The molecule has 0 saturated carbocycles. The summed E-state index contributed by atoms with van der Waals surface area (Å²) in [6.45, 7) is 6.89. The van der Waals surface area contributed by atoms with Crippen molar-refractivity contribution in [1.82, 2.24) is 14.3 Å². The number of morpholine rings is 2. The number of ether oxygens (including phenoxy) is 2. The summed E-state index contributed by atoms with van der Waals surface area (Å²) < 4.78 is 13.6. The zero-order chi connectivity index (χ0) is 19.8. The molecule has 5 heterocycles. The van der Waals surface area contributed by atoms with E-state index in [0.717, 1.165) is 53.2 Å². The fourth-order valence-electron chi connectivity index (χ4n) is 3.94. The molecule has 3 aromatic heterocycles. The van der Waals surface area contributed by atoms with Crippen LogP contribution in [0.4, 0.5) is 5.82 Å². The second-order valence-corrected chi connectivity index (χ2v) is 8.69. The molecule has 152 valence electrons. The van der Waals surface area contributed by atoms with Gasteiger partial charge in [0.25, 0.3) is 5.91 Å². The predicted molar refractivity (Wildman–Crippen MR) is 112 cm³/mol. The second-order valence-electron chi connectivity index (χ2n) is 7.40. The van der Waals surface area contributed by atoms with Crippen LogP contribution < -0.4 is 4.90 Å². The Bertz CT molecular complexity index is 1020. The van der Waals surface area contributed by atoms with Crippen molar-refractivity contribution >= 4 is 28.7 Å². The molecule has 0 aromatic carbocycles. The highest BCUT2D eigenvalue weighted by Gasteiger charge is 2.29. The Balaban J connectivity index is 1.39. The normalized spacial score (nSPS) is 20.4. The van der Waals surface area contributed by atoms with Crippen LogP contribution in [0.25, 0.3) is 5.65 Å². The molecule has 2 saturated heterocycles. The highest BCUT2D eigenvalue weighted by atomic mass is 32.1. The number of imidazole rings is 1. The number of pyridine rings is 1. The second kappa shape index (κ2) is 7.78. The third kappa shape index (κ3) is 3.63. The SMILES string of the molecule is Cc1ccc(C(=O)N2CCO[C@@H](c3cn4c(N5CCOCC5)cccc4n3)C2)s1. The minimum atomic E-state index is -0.216.